The van der Waals surface area contributed by atoms with E-state index in [0.29, 0.717) is 36.8 Å². The van der Waals surface area contributed by atoms with Crippen LogP contribution in [0.5, 0.6) is 0 Å². The summed E-state index contributed by atoms with van der Waals surface area (Å²) < 4.78 is 6.56. The number of likely N-dealkylation sites (N-methyl/N-ethyl adjacent to an activating group) is 1. The molecule has 0 N–H and O–H groups in total. The highest BCUT2D eigenvalue weighted by Crippen LogP contribution is 2.15. The highest BCUT2D eigenvalue weighted by Gasteiger charge is 2.20. The van der Waals surface area contributed by atoms with Crippen molar-refractivity contribution in [2.45, 2.75) is 33.4 Å². The Balaban J connectivity index is 1.77. The van der Waals surface area contributed by atoms with Crippen molar-refractivity contribution in [3.05, 3.63) is 76.2 Å². The minimum absolute atomic E-state index is 0.0394. The Morgan fingerprint density at radius 2 is 1.67 bits per heavy atom. The van der Waals surface area contributed by atoms with Crippen LogP contribution in [-0.2, 0) is 22.6 Å². The van der Waals surface area contributed by atoms with Crippen molar-refractivity contribution in [3.8, 4) is 0 Å². The lowest BCUT2D eigenvalue weighted by Gasteiger charge is -2.21. The standard InChI is InChI=1S/C23H25N3O4/c1-3-14-26-22(28)19-13-9-8-12-18(19)21(24-26)23(29)30-16-20(27)25(4-2)15-17-10-6-5-7-11-17/h5-13H,3-4,14-16H2,1-2H3. The normalized spacial score (nSPS) is 10.7. The van der Waals surface area contributed by atoms with E-state index in [-0.39, 0.29) is 23.8 Å². The Bertz CT molecular complexity index is 1090. The van der Waals surface area contributed by atoms with Gasteiger partial charge in [-0.05, 0) is 25.0 Å². The van der Waals surface area contributed by atoms with Crippen LogP contribution >= 0.6 is 0 Å². The van der Waals surface area contributed by atoms with Gasteiger partial charge in [-0.15, -0.1) is 0 Å². The van der Waals surface area contributed by atoms with Gasteiger partial charge in [0.1, 0.15) is 0 Å². The van der Waals surface area contributed by atoms with Crippen molar-refractivity contribution in [2.24, 2.45) is 0 Å². The number of hydrogen-bond donors (Lipinski definition) is 0. The number of fused-ring (bicyclic) bond motifs is 1. The molecule has 3 rings (SSSR count). The number of amides is 1. The molecule has 0 bridgehead atoms. The number of ether oxygens (including phenoxy) is 1. The first-order valence-electron chi connectivity index (χ1n) is 10.0. The quantitative estimate of drug-likeness (QED) is 0.536. The zero-order chi connectivity index (χ0) is 21.5. The first-order chi connectivity index (χ1) is 14.5. The molecule has 1 amide bonds. The summed E-state index contributed by atoms with van der Waals surface area (Å²) in [6.07, 6.45) is 0.698. The van der Waals surface area contributed by atoms with Crippen LogP contribution in [0.4, 0.5) is 0 Å². The molecule has 0 unspecified atom stereocenters. The summed E-state index contributed by atoms with van der Waals surface area (Å²) in [7, 11) is 0. The molecule has 0 aliphatic carbocycles. The molecule has 30 heavy (non-hydrogen) atoms. The van der Waals surface area contributed by atoms with E-state index in [9.17, 15) is 14.4 Å². The van der Waals surface area contributed by atoms with E-state index in [1.54, 1.807) is 29.2 Å². The smallest absolute Gasteiger partial charge is 0.359 e. The third kappa shape index (κ3) is 4.74. The minimum atomic E-state index is -0.722. The topological polar surface area (TPSA) is 81.5 Å². The molecule has 0 radical (unpaired) electrons. The van der Waals surface area contributed by atoms with E-state index in [2.05, 4.69) is 5.10 Å². The van der Waals surface area contributed by atoms with Gasteiger partial charge in [-0.25, -0.2) is 9.48 Å². The number of carbonyl (C=O) groups excluding carboxylic acids is 2. The van der Waals surface area contributed by atoms with Crippen molar-refractivity contribution in [3.63, 3.8) is 0 Å². The maximum Gasteiger partial charge on any atom is 0.359 e. The Morgan fingerprint density at radius 1 is 1.00 bits per heavy atom. The van der Waals surface area contributed by atoms with Crippen LogP contribution in [0.1, 0.15) is 36.3 Å². The highest BCUT2D eigenvalue weighted by atomic mass is 16.5. The van der Waals surface area contributed by atoms with Gasteiger partial charge >= 0.3 is 5.97 Å². The molecule has 0 fully saturated rings. The van der Waals surface area contributed by atoms with E-state index < -0.39 is 5.97 Å². The molecule has 0 aliphatic rings. The predicted molar refractivity (Wildman–Crippen MR) is 114 cm³/mol. The van der Waals surface area contributed by atoms with Crippen LogP contribution in [-0.4, -0.2) is 39.7 Å². The van der Waals surface area contributed by atoms with E-state index in [4.69, 9.17) is 4.74 Å². The highest BCUT2D eigenvalue weighted by molar-refractivity contribution is 6.02. The van der Waals surface area contributed by atoms with E-state index >= 15 is 0 Å². The minimum Gasteiger partial charge on any atom is -0.451 e. The van der Waals surface area contributed by atoms with E-state index in [1.807, 2.05) is 44.2 Å². The van der Waals surface area contributed by atoms with Crippen LogP contribution in [0.3, 0.4) is 0 Å². The number of aryl methyl sites for hydroxylation is 1. The lowest BCUT2D eigenvalue weighted by molar-refractivity contribution is -0.134. The Kier molecular flexibility index (Phi) is 6.95. The molecule has 2 aromatic carbocycles. The van der Waals surface area contributed by atoms with Crippen LogP contribution < -0.4 is 5.56 Å². The number of rotatable bonds is 8. The monoisotopic (exact) mass is 407 g/mol. The first-order valence-corrected chi connectivity index (χ1v) is 10.0. The van der Waals surface area contributed by atoms with Gasteiger partial charge in [-0.3, -0.25) is 9.59 Å². The summed E-state index contributed by atoms with van der Waals surface area (Å²) in [6.45, 7) is 4.74. The molecule has 1 heterocycles. The summed E-state index contributed by atoms with van der Waals surface area (Å²) in [5.41, 5.74) is 0.788. The Labute approximate surface area is 174 Å². The summed E-state index contributed by atoms with van der Waals surface area (Å²) >= 11 is 0. The largest absolute Gasteiger partial charge is 0.451 e. The lowest BCUT2D eigenvalue weighted by atomic mass is 10.1. The molecule has 0 saturated carbocycles. The molecular formula is C23H25N3O4. The third-order valence-corrected chi connectivity index (χ3v) is 4.77. The lowest BCUT2D eigenvalue weighted by Crippen LogP contribution is -2.34. The molecule has 0 spiro atoms. The summed E-state index contributed by atoms with van der Waals surface area (Å²) in [6, 6.07) is 16.4. The molecule has 7 heteroatoms. The second-order valence-corrected chi connectivity index (χ2v) is 6.89. The van der Waals surface area contributed by atoms with Gasteiger partial charge in [0.2, 0.25) is 0 Å². The molecule has 0 aliphatic heterocycles. The molecule has 3 aromatic rings. The average Bonchev–Trinajstić information content (AvgIpc) is 2.78. The molecule has 7 nitrogen and oxygen atoms in total. The van der Waals surface area contributed by atoms with Gasteiger partial charge in [-0.1, -0.05) is 55.5 Å². The maximum atomic E-state index is 12.7. The van der Waals surface area contributed by atoms with Crippen molar-refractivity contribution in [1.29, 1.82) is 0 Å². The second kappa shape index (κ2) is 9.82. The predicted octanol–water partition coefficient (Wildman–Crippen LogP) is 3.01. The molecule has 0 saturated heterocycles. The number of carbonyl (C=O) groups is 2. The second-order valence-electron chi connectivity index (χ2n) is 6.89. The van der Waals surface area contributed by atoms with Gasteiger partial charge in [0.15, 0.2) is 12.3 Å². The summed E-state index contributed by atoms with van der Waals surface area (Å²) in [4.78, 5) is 39.5. The van der Waals surface area contributed by atoms with E-state index in [0.717, 1.165) is 5.56 Å². The fourth-order valence-electron chi connectivity index (χ4n) is 3.22. The maximum absolute atomic E-state index is 12.7. The van der Waals surface area contributed by atoms with Gasteiger partial charge in [-0.2, -0.15) is 5.10 Å². The average molecular weight is 407 g/mol. The summed E-state index contributed by atoms with van der Waals surface area (Å²) in [5.74, 6) is -1.01. The van der Waals surface area contributed by atoms with E-state index in [1.165, 1.54) is 4.68 Å². The van der Waals surface area contributed by atoms with Gasteiger partial charge in [0, 0.05) is 25.0 Å². The number of hydrogen-bond acceptors (Lipinski definition) is 5. The van der Waals surface area contributed by atoms with Crippen molar-refractivity contribution in [1.82, 2.24) is 14.7 Å². The van der Waals surface area contributed by atoms with Crippen LogP contribution in [0.15, 0.2) is 59.4 Å². The van der Waals surface area contributed by atoms with Gasteiger partial charge < -0.3 is 9.64 Å². The zero-order valence-electron chi connectivity index (χ0n) is 17.2. The molecule has 156 valence electrons. The number of benzene rings is 2. The Hall–Kier alpha value is -3.48. The van der Waals surface area contributed by atoms with Gasteiger partial charge in [0.05, 0.1) is 5.39 Å². The van der Waals surface area contributed by atoms with Crippen LogP contribution in [0.25, 0.3) is 10.8 Å². The summed E-state index contributed by atoms with van der Waals surface area (Å²) in [5, 5.41) is 5.03. The fourth-order valence-corrected chi connectivity index (χ4v) is 3.22. The zero-order valence-corrected chi connectivity index (χ0v) is 17.2. The fraction of sp³-hybridized carbons (Fsp3) is 0.304. The Morgan fingerprint density at radius 3 is 2.33 bits per heavy atom. The van der Waals surface area contributed by atoms with Crippen LogP contribution in [0.2, 0.25) is 0 Å². The van der Waals surface area contributed by atoms with Gasteiger partial charge in [0.25, 0.3) is 11.5 Å². The first kappa shape index (κ1) is 21.2. The van der Waals surface area contributed by atoms with Crippen molar-refractivity contribution >= 4 is 22.6 Å². The SMILES string of the molecule is CCCn1nc(C(=O)OCC(=O)N(CC)Cc2ccccc2)c2ccccc2c1=O. The number of nitrogens with zero attached hydrogens (tertiary/aromatic N) is 3. The third-order valence-electron chi connectivity index (χ3n) is 4.77. The molecule has 0 atom stereocenters. The molecular weight excluding hydrogens is 382 g/mol. The van der Waals surface area contributed by atoms with Crippen molar-refractivity contribution in [2.75, 3.05) is 13.2 Å². The van der Waals surface area contributed by atoms with Crippen molar-refractivity contribution < 1.29 is 14.3 Å². The van der Waals surface area contributed by atoms with Crippen LogP contribution in [0, 0.1) is 0 Å². The molecule has 1 aromatic heterocycles. The number of aromatic nitrogens is 2. The number of esters is 1.